The van der Waals surface area contributed by atoms with E-state index >= 15 is 0 Å². The zero-order valence-corrected chi connectivity index (χ0v) is 9.10. The zero-order chi connectivity index (χ0) is 10.7. The molecule has 1 atom stereocenters. The molecule has 0 amide bonds. The average Bonchev–Trinajstić information content (AvgIpc) is 2.78. The van der Waals surface area contributed by atoms with E-state index in [1.54, 1.807) is 13.3 Å². The van der Waals surface area contributed by atoms with Gasteiger partial charge in [0, 0.05) is 33.4 Å². The first-order valence-electron chi connectivity index (χ1n) is 5.12. The van der Waals surface area contributed by atoms with Crippen LogP contribution in [-0.2, 0) is 4.74 Å². The Morgan fingerprint density at radius 3 is 3.13 bits per heavy atom. The molecule has 1 unspecified atom stereocenters. The van der Waals surface area contributed by atoms with Gasteiger partial charge in [0.25, 0.3) is 0 Å². The summed E-state index contributed by atoms with van der Waals surface area (Å²) in [7, 11) is 3.58. The minimum absolute atomic E-state index is 0.331. The van der Waals surface area contributed by atoms with Crippen LogP contribution < -0.4 is 10.2 Å². The molecule has 1 aliphatic rings. The van der Waals surface area contributed by atoms with Crippen molar-refractivity contribution in [2.24, 2.45) is 0 Å². The van der Waals surface area contributed by atoms with Gasteiger partial charge in [0.2, 0.25) is 5.95 Å². The highest BCUT2D eigenvalue weighted by atomic mass is 16.5. The van der Waals surface area contributed by atoms with Gasteiger partial charge in [-0.1, -0.05) is 0 Å². The van der Waals surface area contributed by atoms with Crippen LogP contribution in [0.25, 0.3) is 0 Å². The Hall–Kier alpha value is -1.36. The normalized spacial score (nSPS) is 20.7. The molecule has 5 nitrogen and oxygen atoms in total. The van der Waals surface area contributed by atoms with Crippen LogP contribution in [0.15, 0.2) is 12.3 Å². The van der Waals surface area contributed by atoms with Gasteiger partial charge < -0.3 is 15.0 Å². The van der Waals surface area contributed by atoms with E-state index in [1.165, 1.54) is 0 Å². The van der Waals surface area contributed by atoms with Crippen LogP contribution in [-0.4, -0.2) is 43.3 Å². The highest BCUT2D eigenvalue weighted by Crippen LogP contribution is 2.19. The van der Waals surface area contributed by atoms with Crippen LogP contribution >= 0.6 is 0 Å². The quantitative estimate of drug-likeness (QED) is 0.794. The number of ether oxygens (including phenoxy) is 1. The number of methoxy groups -OCH3 is 1. The van der Waals surface area contributed by atoms with E-state index in [1.807, 2.05) is 13.1 Å². The van der Waals surface area contributed by atoms with Crippen molar-refractivity contribution < 1.29 is 4.74 Å². The molecular formula is C10H16N4O. The first-order chi connectivity index (χ1) is 7.33. The lowest BCUT2D eigenvalue weighted by Crippen LogP contribution is -2.23. The first kappa shape index (κ1) is 10.2. The molecule has 15 heavy (non-hydrogen) atoms. The standard InChI is InChI=1S/C10H16N4O/c1-11-10-12-5-3-9(13-10)14-6-4-8(7-14)15-2/h3,5,8H,4,6-7H2,1-2H3,(H,11,12,13). The molecule has 1 fully saturated rings. The Labute approximate surface area is 89.5 Å². The number of aromatic nitrogens is 2. The van der Waals surface area contributed by atoms with Gasteiger partial charge in [-0.05, 0) is 12.5 Å². The average molecular weight is 208 g/mol. The largest absolute Gasteiger partial charge is 0.380 e. The van der Waals surface area contributed by atoms with Crippen molar-refractivity contribution in [3.05, 3.63) is 12.3 Å². The molecule has 2 rings (SSSR count). The van der Waals surface area contributed by atoms with Crippen molar-refractivity contribution in [3.8, 4) is 0 Å². The Balaban J connectivity index is 2.09. The number of hydrogen-bond acceptors (Lipinski definition) is 5. The van der Waals surface area contributed by atoms with E-state index in [4.69, 9.17) is 4.74 Å². The molecule has 1 aromatic rings. The molecule has 0 spiro atoms. The monoisotopic (exact) mass is 208 g/mol. The zero-order valence-electron chi connectivity index (χ0n) is 9.10. The fraction of sp³-hybridized carbons (Fsp3) is 0.600. The van der Waals surface area contributed by atoms with Crippen LogP contribution in [0, 0.1) is 0 Å². The van der Waals surface area contributed by atoms with Crippen LogP contribution in [0.5, 0.6) is 0 Å². The van der Waals surface area contributed by atoms with E-state index in [0.29, 0.717) is 12.1 Å². The van der Waals surface area contributed by atoms with E-state index in [9.17, 15) is 0 Å². The first-order valence-corrected chi connectivity index (χ1v) is 5.12. The van der Waals surface area contributed by atoms with E-state index < -0.39 is 0 Å². The molecule has 1 N–H and O–H groups in total. The van der Waals surface area contributed by atoms with Gasteiger partial charge in [-0.2, -0.15) is 4.98 Å². The molecule has 1 saturated heterocycles. The van der Waals surface area contributed by atoms with Crippen molar-refractivity contribution in [2.45, 2.75) is 12.5 Å². The smallest absolute Gasteiger partial charge is 0.224 e. The second-order valence-corrected chi connectivity index (χ2v) is 3.58. The molecule has 1 aliphatic heterocycles. The number of nitrogens with zero attached hydrogens (tertiary/aromatic N) is 3. The summed E-state index contributed by atoms with van der Waals surface area (Å²) in [5.41, 5.74) is 0. The summed E-state index contributed by atoms with van der Waals surface area (Å²) in [5.74, 6) is 1.63. The van der Waals surface area contributed by atoms with Crippen molar-refractivity contribution in [2.75, 3.05) is 37.5 Å². The molecule has 1 aromatic heterocycles. The number of anilines is 2. The summed E-state index contributed by atoms with van der Waals surface area (Å²) in [6.45, 7) is 1.91. The molecule has 0 radical (unpaired) electrons. The lowest BCUT2D eigenvalue weighted by atomic mass is 10.3. The summed E-state index contributed by atoms with van der Waals surface area (Å²) in [5, 5.41) is 2.94. The van der Waals surface area contributed by atoms with Crippen LogP contribution in [0.1, 0.15) is 6.42 Å². The van der Waals surface area contributed by atoms with Crippen molar-refractivity contribution in [1.82, 2.24) is 9.97 Å². The van der Waals surface area contributed by atoms with E-state index in [-0.39, 0.29) is 0 Å². The maximum atomic E-state index is 5.32. The Bertz CT molecular complexity index is 331. The van der Waals surface area contributed by atoms with Crippen LogP contribution in [0.2, 0.25) is 0 Å². The molecule has 2 heterocycles. The topological polar surface area (TPSA) is 50.3 Å². The summed E-state index contributed by atoms with van der Waals surface area (Å²) >= 11 is 0. The third-order valence-electron chi connectivity index (χ3n) is 2.67. The number of rotatable bonds is 3. The fourth-order valence-electron chi connectivity index (χ4n) is 1.77. The highest BCUT2D eigenvalue weighted by Gasteiger charge is 2.23. The molecule has 0 aliphatic carbocycles. The molecule has 5 heteroatoms. The Morgan fingerprint density at radius 2 is 2.47 bits per heavy atom. The Kier molecular flexibility index (Phi) is 3.01. The minimum atomic E-state index is 0.331. The summed E-state index contributed by atoms with van der Waals surface area (Å²) < 4.78 is 5.32. The van der Waals surface area contributed by atoms with Crippen molar-refractivity contribution in [3.63, 3.8) is 0 Å². The lowest BCUT2D eigenvalue weighted by molar-refractivity contribution is 0.121. The second kappa shape index (κ2) is 4.44. The maximum Gasteiger partial charge on any atom is 0.224 e. The maximum absolute atomic E-state index is 5.32. The molecule has 82 valence electrons. The van der Waals surface area contributed by atoms with Crippen LogP contribution in [0.3, 0.4) is 0 Å². The minimum Gasteiger partial charge on any atom is -0.380 e. The summed E-state index contributed by atoms with van der Waals surface area (Å²) in [4.78, 5) is 10.7. The summed E-state index contributed by atoms with van der Waals surface area (Å²) in [6, 6.07) is 1.93. The van der Waals surface area contributed by atoms with Gasteiger partial charge in [-0.3, -0.25) is 0 Å². The third-order valence-corrected chi connectivity index (χ3v) is 2.67. The number of nitrogens with one attached hydrogen (secondary N) is 1. The van der Waals surface area contributed by atoms with Gasteiger partial charge in [0.15, 0.2) is 0 Å². The van der Waals surface area contributed by atoms with Gasteiger partial charge in [0.1, 0.15) is 5.82 Å². The Morgan fingerprint density at radius 1 is 1.60 bits per heavy atom. The van der Waals surface area contributed by atoms with E-state index in [2.05, 4.69) is 20.2 Å². The second-order valence-electron chi connectivity index (χ2n) is 3.58. The molecule has 0 saturated carbocycles. The molecule has 0 bridgehead atoms. The number of hydrogen-bond donors (Lipinski definition) is 1. The molecular weight excluding hydrogens is 192 g/mol. The van der Waals surface area contributed by atoms with E-state index in [0.717, 1.165) is 25.3 Å². The fourth-order valence-corrected chi connectivity index (χ4v) is 1.77. The van der Waals surface area contributed by atoms with Crippen molar-refractivity contribution in [1.29, 1.82) is 0 Å². The van der Waals surface area contributed by atoms with Gasteiger partial charge in [-0.15, -0.1) is 0 Å². The predicted molar refractivity (Wildman–Crippen MR) is 59.2 cm³/mol. The predicted octanol–water partition coefficient (Wildman–Crippen LogP) is 0.743. The van der Waals surface area contributed by atoms with Gasteiger partial charge >= 0.3 is 0 Å². The SMILES string of the molecule is CNc1nccc(N2CCC(OC)C2)n1. The summed E-state index contributed by atoms with van der Waals surface area (Å²) in [6.07, 6.45) is 3.17. The highest BCUT2D eigenvalue weighted by molar-refractivity contribution is 5.43. The van der Waals surface area contributed by atoms with Gasteiger partial charge in [-0.25, -0.2) is 4.98 Å². The van der Waals surface area contributed by atoms with Crippen molar-refractivity contribution >= 4 is 11.8 Å². The molecule has 0 aromatic carbocycles. The lowest BCUT2D eigenvalue weighted by Gasteiger charge is -2.17. The van der Waals surface area contributed by atoms with Crippen LogP contribution in [0.4, 0.5) is 11.8 Å². The van der Waals surface area contributed by atoms with Gasteiger partial charge in [0.05, 0.1) is 6.10 Å². The third kappa shape index (κ3) is 2.18.